The number of nitrogens with one attached hydrogen (secondary N) is 2. The molecule has 1 aromatic carbocycles. The third-order valence-corrected chi connectivity index (χ3v) is 3.90. The SMILES string of the molecule is CN(C)C(C(=O)NCCCNc1ncccn1)c1cc(Cl)cc(Cl)c1. The topological polar surface area (TPSA) is 70.2 Å². The number of anilines is 1. The van der Waals surface area contributed by atoms with Crippen LogP contribution < -0.4 is 10.6 Å². The second-order valence-corrected chi connectivity index (χ2v) is 6.59. The average molecular weight is 382 g/mol. The van der Waals surface area contributed by atoms with E-state index in [1.54, 1.807) is 36.7 Å². The van der Waals surface area contributed by atoms with Gasteiger partial charge in [-0.05, 0) is 50.3 Å². The lowest BCUT2D eigenvalue weighted by molar-refractivity contribution is -0.125. The van der Waals surface area contributed by atoms with Crippen LogP contribution in [0, 0.1) is 0 Å². The van der Waals surface area contributed by atoms with Crippen molar-refractivity contribution >= 4 is 35.1 Å². The fourth-order valence-electron chi connectivity index (χ4n) is 2.40. The summed E-state index contributed by atoms with van der Waals surface area (Å²) in [6.07, 6.45) is 4.10. The molecule has 0 aliphatic rings. The number of benzene rings is 1. The van der Waals surface area contributed by atoms with Crippen molar-refractivity contribution in [3.63, 3.8) is 0 Å². The van der Waals surface area contributed by atoms with Crippen molar-refractivity contribution in [1.82, 2.24) is 20.2 Å². The van der Waals surface area contributed by atoms with Crippen LogP contribution in [0.1, 0.15) is 18.0 Å². The molecule has 1 unspecified atom stereocenters. The molecule has 0 saturated heterocycles. The lowest BCUT2D eigenvalue weighted by Crippen LogP contribution is -2.37. The van der Waals surface area contributed by atoms with E-state index in [0.717, 1.165) is 12.0 Å². The highest BCUT2D eigenvalue weighted by molar-refractivity contribution is 6.34. The van der Waals surface area contributed by atoms with Crippen LogP contribution in [0.15, 0.2) is 36.7 Å². The third-order valence-electron chi connectivity index (χ3n) is 3.47. The molecule has 8 heteroatoms. The summed E-state index contributed by atoms with van der Waals surface area (Å²) in [4.78, 5) is 22.5. The number of nitrogens with zero attached hydrogens (tertiary/aromatic N) is 3. The molecule has 0 aliphatic carbocycles. The number of amides is 1. The molecule has 6 nitrogen and oxygen atoms in total. The number of rotatable bonds is 8. The van der Waals surface area contributed by atoms with E-state index >= 15 is 0 Å². The molecule has 0 aliphatic heterocycles. The van der Waals surface area contributed by atoms with Gasteiger partial charge in [0.15, 0.2) is 0 Å². The van der Waals surface area contributed by atoms with Crippen molar-refractivity contribution in [2.75, 3.05) is 32.5 Å². The van der Waals surface area contributed by atoms with Crippen LogP contribution in [-0.4, -0.2) is 48.0 Å². The summed E-state index contributed by atoms with van der Waals surface area (Å²) in [6.45, 7) is 1.21. The number of hydrogen-bond acceptors (Lipinski definition) is 5. The van der Waals surface area contributed by atoms with Crippen molar-refractivity contribution in [3.05, 3.63) is 52.3 Å². The van der Waals surface area contributed by atoms with Gasteiger partial charge in [0, 0.05) is 35.5 Å². The van der Waals surface area contributed by atoms with Gasteiger partial charge in [-0.15, -0.1) is 0 Å². The van der Waals surface area contributed by atoms with Crippen molar-refractivity contribution in [3.8, 4) is 0 Å². The van der Waals surface area contributed by atoms with Gasteiger partial charge in [0.05, 0.1) is 0 Å². The van der Waals surface area contributed by atoms with E-state index in [2.05, 4.69) is 20.6 Å². The quantitative estimate of drug-likeness (QED) is 0.687. The Morgan fingerprint density at radius 1 is 1.12 bits per heavy atom. The van der Waals surface area contributed by atoms with E-state index in [1.165, 1.54) is 0 Å². The van der Waals surface area contributed by atoms with Gasteiger partial charge in [-0.1, -0.05) is 23.2 Å². The summed E-state index contributed by atoms with van der Waals surface area (Å²) in [7, 11) is 3.68. The fourth-order valence-corrected chi connectivity index (χ4v) is 2.95. The highest BCUT2D eigenvalue weighted by Gasteiger charge is 2.23. The van der Waals surface area contributed by atoms with Crippen LogP contribution in [0.25, 0.3) is 0 Å². The molecule has 2 rings (SSSR count). The monoisotopic (exact) mass is 381 g/mol. The van der Waals surface area contributed by atoms with Crippen molar-refractivity contribution < 1.29 is 4.79 Å². The van der Waals surface area contributed by atoms with Crippen LogP contribution in [0.3, 0.4) is 0 Å². The Morgan fingerprint density at radius 2 is 1.76 bits per heavy atom. The van der Waals surface area contributed by atoms with Gasteiger partial charge in [0.25, 0.3) is 0 Å². The Bertz CT molecular complexity index is 676. The summed E-state index contributed by atoms with van der Waals surface area (Å²) in [5, 5.41) is 7.06. The molecular weight excluding hydrogens is 361 g/mol. The number of carbonyl (C=O) groups excluding carboxylic acids is 1. The molecule has 1 heterocycles. The number of aromatic nitrogens is 2. The van der Waals surface area contributed by atoms with Crippen molar-refractivity contribution in [1.29, 1.82) is 0 Å². The minimum Gasteiger partial charge on any atom is -0.354 e. The van der Waals surface area contributed by atoms with Gasteiger partial charge in [0.2, 0.25) is 11.9 Å². The van der Waals surface area contributed by atoms with Crippen molar-refractivity contribution in [2.24, 2.45) is 0 Å². The maximum atomic E-state index is 12.6. The molecule has 0 fully saturated rings. The molecule has 2 aromatic rings. The molecule has 0 bridgehead atoms. The van der Waals surface area contributed by atoms with Gasteiger partial charge in [-0.25, -0.2) is 9.97 Å². The van der Waals surface area contributed by atoms with Gasteiger partial charge in [0.1, 0.15) is 6.04 Å². The van der Waals surface area contributed by atoms with Gasteiger partial charge in [-0.3, -0.25) is 9.69 Å². The Kier molecular flexibility index (Phi) is 7.43. The summed E-state index contributed by atoms with van der Waals surface area (Å²) in [6, 6.07) is 6.46. The first kappa shape index (κ1) is 19.4. The molecule has 25 heavy (non-hydrogen) atoms. The largest absolute Gasteiger partial charge is 0.354 e. The molecule has 0 saturated carbocycles. The molecule has 1 amide bonds. The zero-order valence-electron chi connectivity index (χ0n) is 14.2. The fraction of sp³-hybridized carbons (Fsp3) is 0.353. The van der Waals surface area contributed by atoms with E-state index in [1.807, 2.05) is 19.0 Å². The Morgan fingerprint density at radius 3 is 2.36 bits per heavy atom. The lowest BCUT2D eigenvalue weighted by Gasteiger charge is -2.24. The van der Waals surface area contributed by atoms with Gasteiger partial charge in [-0.2, -0.15) is 0 Å². The zero-order chi connectivity index (χ0) is 18.2. The maximum Gasteiger partial charge on any atom is 0.241 e. The minimum absolute atomic E-state index is 0.0979. The molecule has 2 N–H and O–H groups in total. The zero-order valence-corrected chi connectivity index (χ0v) is 15.7. The first-order chi connectivity index (χ1) is 12.0. The first-order valence-electron chi connectivity index (χ1n) is 7.88. The first-order valence-corrected chi connectivity index (χ1v) is 8.64. The van der Waals surface area contributed by atoms with Crippen LogP contribution in [-0.2, 0) is 4.79 Å². The van der Waals surface area contributed by atoms with Crippen LogP contribution in [0.5, 0.6) is 0 Å². The summed E-state index contributed by atoms with van der Waals surface area (Å²) in [5.41, 5.74) is 0.760. The van der Waals surface area contributed by atoms with Crippen LogP contribution in [0.2, 0.25) is 10.0 Å². The molecule has 0 radical (unpaired) electrons. The summed E-state index contributed by atoms with van der Waals surface area (Å²) < 4.78 is 0. The normalized spacial score (nSPS) is 12.0. The predicted octanol–water partition coefficient (Wildman–Crippen LogP) is 3.00. The Balaban J connectivity index is 1.86. The number of halogens is 2. The second-order valence-electron chi connectivity index (χ2n) is 5.71. The van der Waals surface area contributed by atoms with Crippen molar-refractivity contribution in [2.45, 2.75) is 12.5 Å². The van der Waals surface area contributed by atoms with Gasteiger partial charge < -0.3 is 10.6 Å². The van der Waals surface area contributed by atoms with E-state index < -0.39 is 6.04 Å². The second kappa shape index (κ2) is 9.56. The van der Waals surface area contributed by atoms with E-state index in [4.69, 9.17) is 23.2 Å². The predicted molar refractivity (Wildman–Crippen MR) is 101 cm³/mol. The molecular formula is C17H21Cl2N5O. The molecule has 1 aromatic heterocycles. The van der Waals surface area contributed by atoms with E-state index in [9.17, 15) is 4.79 Å². The van der Waals surface area contributed by atoms with Gasteiger partial charge >= 0.3 is 0 Å². The molecule has 134 valence electrons. The van der Waals surface area contributed by atoms with E-state index in [0.29, 0.717) is 29.1 Å². The molecule has 0 spiro atoms. The van der Waals surface area contributed by atoms with E-state index in [-0.39, 0.29) is 5.91 Å². The average Bonchev–Trinajstić information content (AvgIpc) is 2.54. The van der Waals surface area contributed by atoms with Crippen LogP contribution >= 0.6 is 23.2 Å². The Hall–Kier alpha value is -1.89. The number of hydrogen-bond donors (Lipinski definition) is 2. The number of likely N-dealkylation sites (N-methyl/N-ethyl adjacent to an activating group) is 1. The third kappa shape index (κ3) is 6.16. The maximum absolute atomic E-state index is 12.6. The minimum atomic E-state index is -0.457. The highest BCUT2D eigenvalue weighted by atomic mass is 35.5. The lowest BCUT2D eigenvalue weighted by atomic mass is 10.1. The summed E-state index contributed by atoms with van der Waals surface area (Å²) in [5.74, 6) is 0.479. The summed E-state index contributed by atoms with van der Waals surface area (Å²) >= 11 is 12.1. The smallest absolute Gasteiger partial charge is 0.241 e. The number of carbonyl (C=O) groups is 1. The van der Waals surface area contributed by atoms with Crippen LogP contribution in [0.4, 0.5) is 5.95 Å². The Labute approximate surface area is 157 Å². The molecule has 1 atom stereocenters. The highest BCUT2D eigenvalue weighted by Crippen LogP contribution is 2.26. The standard InChI is InChI=1S/C17H21Cl2N5O/c1-24(2)15(12-9-13(18)11-14(19)10-12)16(25)20-5-3-6-21-17-22-7-4-8-23-17/h4,7-11,15H,3,5-6H2,1-2H3,(H,20,25)(H,21,22,23).